The molecule has 1 heterocycles. The van der Waals surface area contributed by atoms with Gasteiger partial charge in [0.15, 0.2) is 12.6 Å². The van der Waals surface area contributed by atoms with Crippen molar-refractivity contribution >= 4 is 6.29 Å². The molecular formula is C12H22O11. The maximum absolute atomic E-state index is 10.7. The van der Waals surface area contributed by atoms with E-state index in [1.165, 1.54) is 0 Å². The smallest absolute Gasteiger partial charge is 0.187 e. The number of aliphatic hydroxyl groups excluding tert-OH is 8. The Labute approximate surface area is 130 Å². The van der Waals surface area contributed by atoms with E-state index in [-0.39, 0.29) is 6.29 Å². The van der Waals surface area contributed by atoms with E-state index in [9.17, 15) is 35.4 Å². The first-order valence-electron chi connectivity index (χ1n) is 6.84. The van der Waals surface area contributed by atoms with E-state index in [2.05, 4.69) is 0 Å². The van der Waals surface area contributed by atoms with E-state index in [1.807, 2.05) is 0 Å². The zero-order valence-electron chi connectivity index (χ0n) is 12.0. The lowest BCUT2D eigenvalue weighted by atomic mass is 9.98. The molecule has 0 unspecified atom stereocenters. The Morgan fingerprint density at radius 1 is 1.04 bits per heavy atom. The first-order chi connectivity index (χ1) is 10.8. The van der Waals surface area contributed by atoms with Crippen LogP contribution in [0.3, 0.4) is 0 Å². The maximum Gasteiger partial charge on any atom is 0.187 e. The number of hydrogen-bond acceptors (Lipinski definition) is 11. The summed E-state index contributed by atoms with van der Waals surface area (Å²) < 4.78 is 10.0. The Hall–Kier alpha value is -0.730. The number of rotatable bonds is 8. The molecule has 0 aliphatic carbocycles. The minimum Gasteiger partial charge on any atom is -0.394 e. The summed E-state index contributed by atoms with van der Waals surface area (Å²) in [7, 11) is 0. The summed E-state index contributed by atoms with van der Waals surface area (Å²) in [5.74, 6) is 0. The third-order valence-corrected chi connectivity index (χ3v) is 3.53. The molecule has 23 heavy (non-hydrogen) atoms. The Morgan fingerprint density at radius 3 is 2.13 bits per heavy atom. The predicted octanol–water partition coefficient (Wildman–Crippen LogP) is -5.55. The van der Waals surface area contributed by atoms with Crippen molar-refractivity contribution in [3.05, 3.63) is 0 Å². The molecule has 9 atom stereocenters. The third-order valence-electron chi connectivity index (χ3n) is 3.53. The normalized spacial score (nSPS) is 37.0. The van der Waals surface area contributed by atoms with Gasteiger partial charge in [0.05, 0.1) is 13.2 Å². The highest BCUT2D eigenvalue weighted by Crippen LogP contribution is 2.24. The van der Waals surface area contributed by atoms with Crippen LogP contribution in [0.1, 0.15) is 0 Å². The van der Waals surface area contributed by atoms with Gasteiger partial charge in [-0.3, -0.25) is 0 Å². The Balaban J connectivity index is 2.91. The van der Waals surface area contributed by atoms with E-state index in [1.54, 1.807) is 0 Å². The molecule has 1 saturated heterocycles. The highest BCUT2D eigenvalue weighted by molar-refractivity contribution is 5.56. The Morgan fingerprint density at radius 2 is 1.65 bits per heavy atom. The van der Waals surface area contributed by atoms with Crippen LogP contribution in [0.4, 0.5) is 0 Å². The summed E-state index contributed by atoms with van der Waals surface area (Å²) in [5, 5.41) is 75.6. The lowest BCUT2D eigenvalue weighted by molar-refractivity contribution is -0.324. The van der Waals surface area contributed by atoms with Crippen LogP contribution in [-0.4, -0.2) is 115 Å². The molecule has 11 heteroatoms. The van der Waals surface area contributed by atoms with Crippen LogP contribution in [0.2, 0.25) is 0 Å². The lowest BCUT2D eigenvalue weighted by Gasteiger charge is -2.41. The number of hydrogen-bond donors (Lipinski definition) is 8. The first kappa shape index (κ1) is 20.3. The molecule has 0 aromatic rings. The van der Waals surface area contributed by atoms with E-state index in [4.69, 9.17) is 19.7 Å². The Bertz CT molecular complexity index is 365. The van der Waals surface area contributed by atoms with Gasteiger partial charge in [-0.1, -0.05) is 0 Å². The summed E-state index contributed by atoms with van der Waals surface area (Å²) in [6.07, 6.45) is -15.7. The monoisotopic (exact) mass is 342 g/mol. The average molecular weight is 342 g/mol. The van der Waals surface area contributed by atoms with Gasteiger partial charge in [0.1, 0.15) is 48.8 Å². The molecule has 0 aromatic heterocycles. The quantitative estimate of drug-likeness (QED) is 0.196. The summed E-state index contributed by atoms with van der Waals surface area (Å²) in [6.45, 7) is -1.63. The van der Waals surface area contributed by atoms with E-state index >= 15 is 0 Å². The minimum atomic E-state index is -1.95. The topological polar surface area (TPSA) is 197 Å². The van der Waals surface area contributed by atoms with Gasteiger partial charge in [0.2, 0.25) is 0 Å². The second kappa shape index (κ2) is 8.94. The van der Waals surface area contributed by atoms with Crippen molar-refractivity contribution in [2.24, 2.45) is 0 Å². The number of aliphatic hydroxyl groups is 8. The Kier molecular flexibility index (Phi) is 7.89. The van der Waals surface area contributed by atoms with Crippen LogP contribution in [0.5, 0.6) is 0 Å². The van der Waals surface area contributed by atoms with Crippen molar-refractivity contribution in [1.29, 1.82) is 0 Å². The molecular weight excluding hydrogens is 320 g/mol. The van der Waals surface area contributed by atoms with E-state index in [0.29, 0.717) is 0 Å². The van der Waals surface area contributed by atoms with Gasteiger partial charge in [0, 0.05) is 0 Å². The minimum absolute atomic E-state index is 0.0119. The van der Waals surface area contributed by atoms with Crippen molar-refractivity contribution in [3.8, 4) is 0 Å². The number of aldehydes is 1. The van der Waals surface area contributed by atoms with Crippen molar-refractivity contribution in [3.63, 3.8) is 0 Å². The van der Waals surface area contributed by atoms with Crippen LogP contribution >= 0.6 is 0 Å². The largest absolute Gasteiger partial charge is 0.394 e. The molecule has 0 bridgehead atoms. The third kappa shape index (κ3) is 4.64. The molecule has 0 aromatic carbocycles. The predicted molar refractivity (Wildman–Crippen MR) is 69.8 cm³/mol. The van der Waals surface area contributed by atoms with Crippen molar-refractivity contribution < 1.29 is 55.1 Å². The maximum atomic E-state index is 10.7. The highest BCUT2D eigenvalue weighted by Gasteiger charge is 2.46. The van der Waals surface area contributed by atoms with E-state index < -0.39 is 68.3 Å². The van der Waals surface area contributed by atoms with Crippen LogP contribution in [-0.2, 0) is 14.3 Å². The molecule has 0 saturated carbocycles. The van der Waals surface area contributed by atoms with Gasteiger partial charge in [-0.15, -0.1) is 0 Å². The van der Waals surface area contributed by atoms with Gasteiger partial charge >= 0.3 is 0 Å². The second-order valence-corrected chi connectivity index (χ2v) is 5.17. The van der Waals surface area contributed by atoms with Gasteiger partial charge in [-0.25, -0.2) is 0 Å². The second-order valence-electron chi connectivity index (χ2n) is 5.17. The van der Waals surface area contributed by atoms with Gasteiger partial charge in [0.25, 0.3) is 0 Å². The number of ether oxygens (including phenoxy) is 2. The lowest BCUT2D eigenvalue weighted by Crippen LogP contribution is -2.61. The molecule has 0 amide bonds. The first-order valence-corrected chi connectivity index (χ1v) is 6.84. The highest BCUT2D eigenvalue weighted by atomic mass is 16.7. The van der Waals surface area contributed by atoms with Crippen LogP contribution in [0.25, 0.3) is 0 Å². The number of carbonyl (C=O) groups excluding carboxylic acids is 1. The fourth-order valence-corrected chi connectivity index (χ4v) is 2.10. The average Bonchev–Trinajstić information content (AvgIpc) is 2.57. The molecule has 1 fully saturated rings. The molecule has 8 N–H and O–H groups in total. The summed E-state index contributed by atoms with van der Waals surface area (Å²) in [5.41, 5.74) is 0. The van der Waals surface area contributed by atoms with Crippen LogP contribution in [0.15, 0.2) is 0 Å². The molecule has 0 radical (unpaired) electrons. The van der Waals surface area contributed by atoms with Crippen molar-refractivity contribution in [2.45, 2.75) is 55.1 Å². The zero-order valence-corrected chi connectivity index (χ0v) is 12.0. The zero-order chi connectivity index (χ0) is 17.7. The van der Waals surface area contributed by atoms with Crippen LogP contribution in [0, 0.1) is 0 Å². The molecule has 1 rings (SSSR count). The van der Waals surface area contributed by atoms with Gasteiger partial charge in [-0.2, -0.15) is 0 Å². The summed E-state index contributed by atoms with van der Waals surface area (Å²) >= 11 is 0. The summed E-state index contributed by atoms with van der Waals surface area (Å²) in [4.78, 5) is 10.7. The van der Waals surface area contributed by atoms with Gasteiger partial charge < -0.3 is 55.1 Å². The molecule has 1 aliphatic rings. The molecule has 0 spiro atoms. The van der Waals surface area contributed by atoms with Crippen molar-refractivity contribution in [1.82, 2.24) is 0 Å². The molecule has 11 nitrogen and oxygen atoms in total. The van der Waals surface area contributed by atoms with Crippen molar-refractivity contribution in [2.75, 3.05) is 13.2 Å². The molecule has 136 valence electrons. The number of carbonyl (C=O) groups is 1. The fraction of sp³-hybridized carbons (Fsp3) is 0.917. The SMILES string of the molecule is O=C[C@@H](O)[C@@H](O[C@@H]1O[C@H](CO)[C@@H](O)[C@H](O)[C@@H]1O)[C@H](O)[C@H](O)CO. The van der Waals surface area contributed by atoms with Gasteiger partial charge in [-0.05, 0) is 0 Å². The summed E-state index contributed by atoms with van der Waals surface area (Å²) in [6, 6.07) is 0. The van der Waals surface area contributed by atoms with Crippen LogP contribution < -0.4 is 0 Å². The van der Waals surface area contributed by atoms with E-state index in [0.717, 1.165) is 0 Å². The fourth-order valence-electron chi connectivity index (χ4n) is 2.10. The molecule has 1 aliphatic heterocycles. The standard InChI is InChI=1S/C12H22O11/c13-1-4(16)7(18)11(5(17)2-14)23-12-10(21)9(20)8(19)6(3-15)22-12/h2,4-13,15-21H,1,3H2/t4-,5-,6-,7-,8-,9+,10+,11-,12+/m1/s1.